The third kappa shape index (κ3) is 4.47. The summed E-state index contributed by atoms with van der Waals surface area (Å²) in [5.74, 6) is -0.135. The van der Waals surface area contributed by atoms with E-state index < -0.39 is 15.3 Å². The molecular weight excluding hydrogens is 434 g/mol. The van der Waals surface area contributed by atoms with Crippen LogP contribution in [-0.2, 0) is 14.6 Å². The molecule has 1 saturated heterocycles. The Bertz CT molecular complexity index is 1320. The number of likely N-dealkylation sites (N-methyl/N-ethyl adjacent to an activating group) is 1. The molecule has 2 heterocycles. The SMILES string of the molecule is CCN(C(=O)COc1cc(O)c2c(=O)cc(-c3ccccc3)oc2c1)C1CCS(=O)(=O)C1. The van der Waals surface area contributed by atoms with E-state index in [-0.39, 0.29) is 52.5 Å². The molecule has 32 heavy (non-hydrogen) atoms. The zero-order valence-electron chi connectivity index (χ0n) is 17.5. The highest BCUT2D eigenvalue weighted by molar-refractivity contribution is 7.91. The van der Waals surface area contributed by atoms with Crippen LogP contribution in [0, 0.1) is 0 Å². The molecule has 0 bridgehead atoms. The van der Waals surface area contributed by atoms with E-state index in [9.17, 15) is 23.1 Å². The van der Waals surface area contributed by atoms with E-state index >= 15 is 0 Å². The van der Waals surface area contributed by atoms with Gasteiger partial charge in [-0.25, -0.2) is 8.42 Å². The molecule has 1 amide bonds. The van der Waals surface area contributed by atoms with Crippen molar-refractivity contribution in [1.29, 1.82) is 0 Å². The first-order valence-electron chi connectivity index (χ1n) is 10.3. The van der Waals surface area contributed by atoms with Crippen LogP contribution in [0.1, 0.15) is 13.3 Å². The van der Waals surface area contributed by atoms with Crippen LogP contribution in [-0.4, -0.2) is 55.0 Å². The van der Waals surface area contributed by atoms with E-state index in [1.54, 1.807) is 19.1 Å². The minimum atomic E-state index is -3.12. The van der Waals surface area contributed by atoms with Crippen molar-refractivity contribution in [1.82, 2.24) is 4.90 Å². The number of amides is 1. The molecule has 2 aromatic carbocycles. The maximum Gasteiger partial charge on any atom is 0.260 e. The minimum Gasteiger partial charge on any atom is -0.507 e. The largest absolute Gasteiger partial charge is 0.507 e. The first-order chi connectivity index (χ1) is 15.3. The van der Waals surface area contributed by atoms with E-state index in [1.807, 2.05) is 18.2 Å². The number of rotatable bonds is 6. The molecule has 168 valence electrons. The standard InChI is InChI=1S/C23H23NO7S/c1-2-24(16-8-9-32(28,29)14-16)22(27)13-30-17-10-18(25)23-19(26)12-20(31-21(23)11-17)15-6-4-3-5-7-15/h3-7,10-12,16,25H,2,8-9,13-14H2,1H3. The smallest absolute Gasteiger partial charge is 0.260 e. The quantitative estimate of drug-likeness (QED) is 0.605. The van der Waals surface area contributed by atoms with Crippen LogP contribution >= 0.6 is 0 Å². The van der Waals surface area contributed by atoms with Crippen LogP contribution in [0.4, 0.5) is 0 Å². The Morgan fingerprint density at radius 1 is 1.22 bits per heavy atom. The number of hydrogen-bond acceptors (Lipinski definition) is 7. The third-order valence-corrected chi connectivity index (χ3v) is 7.26. The maximum absolute atomic E-state index is 12.7. The second-order valence-corrected chi connectivity index (χ2v) is 9.91. The average Bonchev–Trinajstić information content (AvgIpc) is 3.12. The van der Waals surface area contributed by atoms with Gasteiger partial charge in [-0.2, -0.15) is 0 Å². The highest BCUT2D eigenvalue weighted by Gasteiger charge is 2.34. The zero-order valence-corrected chi connectivity index (χ0v) is 18.3. The van der Waals surface area contributed by atoms with Gasteiger partial charge in [-0.05, 0) is 13.3 Å². The number of benzene rings is 2. The van der Waals surface area contributed by atoms with Crippen LogP contribution in [0.3, 0.4) is 0 Å². The van der Waals surface area contributed by atoms with Gasteiger partial charge in [0.05, 0.1) is 11.5 Å². The van der Waals surface area contributed by atoms with Crippen molar-refractivity contribution in [3.63, 3.8) is 0 Å². The van der Waals surface area contributed by atoms with Crippen LogP contribution in [0.15, 0.2) is 57.7 Å². The molecule has 3 aromatic rings. The summed E-state index contributed by atoms with van der Waals surface area (Å²) in [4.78, 5) is 26.7. The molecule has 0 spiro atoms. The molecule has 4 rings (SSSR count). The maximum atomic E-state index is 12.7. The number of fused-ring (bicyclic) bond motifs is 1. The fraction of sp³-hybridized carbons (Fsp3) is 0.304. The molecule has 1 aliphatic rings. The van der Waals surface area contributed by atoms with Crippen molar-refractivity contribution in [3.8, 4) is 22.8 Å². The molecule has 1 N–H and O–H groups in total. The van der Waals surface area contributed by atoms with Crippen molar-refractivity contribution < 1.29 is 27.5 Å². The summed E-state index contributed by atoms with van der Waals surface area (Å²) in [7, 11) is -3.12. The molecule has 9 heteroatoms. The summed E-state index contributed by atoms with van der Waals surface area (Å²) < 4.78 is 34.9. The highest BCUT2D eigenvalue weighted by atomic mass is 32.2. The monoisotopic (exact) mass is 457 g/mol. The van der Waals surface area contributed by atoms with Gasteiger partial charge in [0.15, 0.2) is 21.9 Å². The Labute approximate surface area is 185 Å². The molecule has 0 saturated carbocycles. The van der Waals surface area contributed by atoms with Gasteiger partial charge in [-0.3, -0.25) is 9.59 Å². The Balaban J connectivity index is 1.57. The summed E-state index contributed by atoms with van der Waals surface area (Å²) >= 11 is 0. The van der Waals surface area contributed by atoms with Crippen molar-refractivity contribution in [2.45, 2.75) is 19.4 Å². The number of phenolic OH excluding ortho intramolecular Hbond substituents is 1. The van der Waals surface area contributed by atoms with E-state index in [0.29, 0.717) is 24.3 Å². The fourth-order valence-corrected chi connectivity index (χ4v) is 5.69. The average molecular weight is 458 g/mol. The number of sulfone groups is 1. The second kappa shape index (κ2) is 8.66. The number of nitrogens with zero attached hydrogens (tertiary/aromatic N) is 1. The lowest BCUT2D eigenvalue weighted by atomic mass is 10.1. The first-order valence-corrected chi connectivity index (χ1v) is 12.1. The highest BCUT2D eigenvalue weighted by Crippen LogP contribution is 2.31. The number of hydrogen-bond donors (Lipinski definition) is 1. The molecule has 0 radical (unpaired) electrons. The Morgan fingerprint density at radius 3 is 2.62 bits per heavy atom. The number of carbonyl (C=O) groups is 1. The lowest BCUT2D eigenvalue weighted by molar-refractivity contribution is -0.135. The normalized spacial score (nSPS) is 17.3. The van der Waals surface area contributed by atoms with Crippen molar-refractivity contribution in [3.05, 3.63) is 58.8 Å². The van der Waals surface area contributed by atoms with E-state index in [2.05, 4.69) is 0 Å². The van der Waals surface area contributed by atoms with Gasteiger partial charge in [-0.1, -0.05) is 30.3 Å². The van der Waals surface area contributed by atoms with Gasteiger partial charge in [-0.15, -0.1) is 0 Å². The minimum absolute atomic E-state index is 0.0229. The lowest BCUT2D eigenvalue weighted by Gasteiger charge is -2.26. The molecule has 1 atom stereocenters. The molecule has 1 aromatic heterocycles. The molecule has 1 aliphatic heterocycles. The number of aromatic hydroxyl groups is 1. The van der Waals surface area contributed by atoms with Gasteiger partial charge >= 0.3 is 0 Å². The molecule has 0 aliphatic carbocycles. The fourth-order valence-electron chi connectivity index (χ4n) is 3.96. The Hall–Kier alpha value is -3.33. The number of carbonyl (C=O) groups excluding carboxylic acids is 1. The van der Waals surface area contributed by atoms with Crippen LogP contribution < -0.4 is 10.2 Å². The van der Waals surface area contributed by atoms with Gasteiger partial charge in [0.25, 0.3) is 5.91 Å². The predicted octanol–water partition coefficient (Wildman–Crippen LogP) is 2.58. The second-order valence-electron chi connectivity index (χ2n) is 7.68. The van der Waals surface area contributed by atoms with Gasteiger partial charge < -0.3 is 19.2 Å². The predicted molar refractivity (Wildman–Crippen MR) is 120 cm³/mol. The van der Waals surface area contributed by atoms with Crippen LogP contribution in [0.5, 0.6) is 11.5 Å². The summed E-state index contributed by atoms with van der Waals surface area (Å²) in [6.45, 7) is 1.81. The van der Waals surface area contributed by atoms with E-state index in [1.165, 1.54) is 23.1 Å². The van der Waals surface area contributed by atoms with Gasteiger partial charge in [0.1, 0.15) is 28.2 Å². The third-order valence-electron chi connectivity index (χ3n) is 5.51. The van der Waals surface area contributed by atoms with Crippen molar-refractivity contribution in [2.75, 3.05) is 24.7 Å². The van der Waals surface area contributed by atoms with Crippen molar-refractivity contribution in [2.24, 2.45) is 0 Å². The van der Waals surface area contributed by atoms with Gasteiger partial charge in [0, 0.05) is 36.3 Å². The summed E-state index contributed by atoms with van der Waals surface area (Å²) in [5, 5.41) is 10.4. The Kier molecular flexibility index (Phi) is 5.92. The molecular formula is C23H23NO7S. The molecule has 8 nitrogen and oxygen atoms in total. The number of phenols is 1. The number of ether oxygens (including phenoxy) is 1. The summed E-state index contributed by atoms with van der Waals surface area (Å²) in [6.07, 6.45) is 0.409. The Morgan fingerprint density at radius 2 is 1.97 bits per heavy atom. The topological polar surface area (TPSA) is 114 Å². The van der Waals surface area contributed by atoms with E-state index in [4.69, 9.17) is 9.15 Å². The first kappa shape index (κ1) is 21.9. The molecule has 1 fully saturated rings. The van der Waals surface area contributed by atoms with Gasteiger partial charge in [0.2, 0.25) is 0 Å². The van der Waals surface area contributed by atoms with E-state index in [0.717, 1.165) is 0 Å². The molecule has 1 unspecified atom stereocenters. The summed E-state index contributed by atoms with van der Waals surface area (Å²) in [6, 6.07) is 12.7. The summed E-state index contributed by atoms with van der Waals surface area (Å²) in [5.41, 5.74) is 0.440. The lowest BCUT2D eigenvalue weighted by Crippen LogP contribution is -2.43. The zero-order chi connectivity index (χ0) is 22.9. The van der Waals surface area contributed by atoms with Crippen LogP contribution in [0.2, 0.25) is 0 Å². The van der Waals surface area contributed by atoms with Crippen LogP contribution in [0.25, 0.3) is 22.3 Å². The van der Waals surface area contributed by atoms with Crippen molar-refractivity contribution >= 4 is 26.7 Å².